The van der Waals surface area contributed by atoms with Crippen LogP contribution in [0.25, 0.3) is 22.4 Å². The zero-order chi connectivity index (χ0) is 13.4. The number of fused-ring (bicyclic) bond motifs is 1. The number of imidazole rings is 1. The molecule has 0 radical (unpaired) electrons. The van der Waals surface area contributed by atoms with Gasteiger partial charge in [-0.25, -0.2) is 9.97 Å². The lowest BCUT2D eigenvalue weighted by atomic mass is 10.2. The van der Waals surface area contributed by atoms with Crippen LogP contribution in [0.3, 0.4) is 0 Å². The van der Waals surface area contributed by atoms with E-state index in [1.165, 1.54) is 0 Å². The van der Waals surface area contributed by atoms with Gasteiger partial charge in [0, 0.05) is 17.8 Å². The Morgan fingerprint density at radius 1 is 1.16 bits per heavy atom. The highest BCUT2D eigenvalue weighted by atomic mass is 15.1. The van der Waals surface area contributed by atoms with Crippen LogP contribution < -0.4 is 5.73 Å². The first-order chi connectivity index (χ1) is 9.16. The van der Waals surface area contributed by atoms with Gasteiger partial charge in [-0.05, 0) is 38.1 Å². The highest BCUT2D eigenvalue weighted by molar-refractivity contribution is 5.81. The molecule has 4 nitrogen and oxygen atoms in total. The summed E-state index contributed by atoms with van der Waals surface area (Å²) in [4.78, 5) is 8.76. The van der Waals surface area contributed by atoms with Crippen molar-refractivity contribution in [1.29, 1.82) is 0 Å². The van der Waals surface area contributed by atoms with Crippen LogP contribution in [-0.2, 0) is 0 Å². The lowest BCUT2D eigenvalue weighted by Crippen LogP contribution is -2.03. The topological polar surface area (TPSA) is 56.7 Å². The van der Waals surface area contributed by atoms with Gasteiger partial charge in [-0.3, -0.25) is 0 Å². The maximum absolute atomic E-state index is 5.77. The van der Waals surface area contributed by atoms with E-state index in [2.05, 4.69) is 29.5 Å². The number of aromatic nitrogens is 3. The van der Waals surface area contributed by atoms with E-state index in [4.69, 9.17) is 10.7 Å². The largest absolute Gasteiger partial charge is 0.384 e. The van der Waals surface area contributed by atoms with Crippen LogP contribution in [0, 0.1) is 0 Å². The number of nitrogens with two attached hydrogens (primary N) is 1. The lowest BCUT2D eigenvalue weighted by Gasteiger charge is -2.13. The molecule has 2 N–H and O–H groups in total. The molecule has 2 heterocycles. The van der Waals surface area contributed by atoms with Crippen molar-refractivity contribution in [2.45, 2.75) is 19.9 Å². The Morgan fingerprint density at radius 3 is 2.68 bits per heavy atom. The minimum Gasteiger partial charge on any atom is -0.384 e. The Morgan fingerprint density at radius 2 is 1.95 bits per heavy atom. The number of para-hydroxylation sites is 2. The molecule has 0 aliphatic rings. The van der Waals surface area contributed by atoms with Crippen LogP contribution in [0.15, 0.2) is 42.6 Å². The third kappa shape index (κ3) is 1.95. The molecule has 0 unspecified atom stereocenters. The van der Waals surface area contributed by atoms with Crippen LogP contribution in [0.4, 0.5) is 5.82 Å². The van der Waals surface area contributed by atoms with Gasteiger partial charge in [-0.15, -0.1) is 0 Å². The molecule has 3 aromatic rings. The Bertz CT molecular complexity index is 728. The van der Waals surface area contributed by atoms with Crippen molar-refractivity contribution in [2.24, 2.45) is 0 Å². The Kier molecular flexibility index (Phi) is 2.71. The average Bonchev–Trinajstić information content (AvgIpc) is 2.78. The molecule has 0 saturated heterocycles. The van der Waals surface area contributed by atoms with Gasteiger partial charge in [-0.1, -0.05) is 12.1 Å². The maximum atomic E-state index is 5.77. The van der Waals surface area contributed by atoms with Gasteiger partial charge in [0.25, 0.3) is 0 Å². The first-order valence-corrected chi connectivity index (χ1v) is 6.35. The summed E-state index contributed by atoms with van der Waals surface area (Å²) in [5, 5.41) is 0. The zero-order valence-electron chi connectivity index (χ0n) is 11.0. The van der Waals surface area contributed by atoms with Gasteiger partial charge in [0.2, 0.25) is 0 Å². The first kappa shape index (κ1) is 11.7. The predicted molar refractivity (Wildman–Crippen MR) is 77.8 cm³/mol. The van der Waals surface area contributed by atoms with E-state index >= 15 is 0 Å². The fourth-order valence-corrected chi connectivity index (χ4v) is 2.36. The van der Waals surface area contributed by atoms with E-state index < -0.39 is 0 Å². The normalized spacial score (nSPS) is 11.3. The number of hydrogen-bond donors (Lipinski definition) is 1. The minimum atomic E-state index is 0.330. The van der Waals surface area contributed by atoms with Crippen molar-refractivity contribution in [3.8, 4) is 11.4 Å². The van der Waals surface area contributed by atoms with Gasteiger partial charge in [0.05, 0.1) is 11.0 Å². The predicted octanol–water partition coefficient (Wildman–Crippen LogP) is 3.26. The van der Waals surface area contributed by atoms with Crippen molar-refractivity contribution < 1.29 is 0 Å². The number of hydrogen-bond acceptors (Lipinski definition) is 3. The number of anilines is 1. The van der Waals surface area contributed by atoms with E-state index in [0.717, 1.165) is 22.4 Å². The molecule has 0 fully saturated rings. The summed E-state index contributed by atoms with van der Waals surface area (Å²) in [5.41, 5.74) is 8.91. The van der Waals surface area contributed by atoms with E-state index in [1.54, 1.807) is 6.20 Å². The fraction of sp³-hybridized carbons (Fsp3) is 0.200. The quantitative estimate of drug-likeness (QED) is 0.761. The van der Waals surface area contributed by atoms with Gasteiger partial charge in [-0.2, -0.15) is 0 Å². The molecule has 0 saturated carbocycles. The molecule has 3 rings (SSSR count). The molecular weight excluding hydrogens is 236 g/mol. The number of rotatable bonds is 2. The van der Waals surface area contributed by atoms with E-state index in [1.807, 2.05) is 30.3 Å². The zero-order valence-corrected chi connectivity index (χ0v) is 11.0. The summed E-state index contributed by atoms with van der Waals surface area (Å²) >= 11 is 0. The SMILES string of the molecule is CC(C)n1c(-c2ccnc(N)c2)nc2ccccc21. The molecular formula is C15H16N4. The molecule has 2 aromatic heterocycles. The summed E-state index contributed by atoms with van der Waals surface area (Å²) < 4.78 is 2.23. The molecule has 0 aliphatic heterocycles. The Balaban J connectivity index is 2.31. The third-order valence-corrected chi connectivity index (χ3v) is 3.15. The second kappa shape index (κ2) is 4.39. The smallest absolute Gasteiger partial charge is 0.141 e. The number of pyridine rings is 1. The molecule has 0 spiro atoms. The molecule has 19 heavy (non-hydrogen) atoms. The molecule has 96 valence electrons. The second-order valence-electron chi connectivity index (χ2n) is 4.86. The van der Waals surface area contributed by atoms with Crippen molar-refractivity contribution in [2.75, 3.05) is 5.73 Å². The Labute approximate surface area is 111 Å². The van der Waals surface area contributed by atoms with E-state index in [9.17, 15) is 0 Å². The van der Waals surface area contributed by atoms with Gasteiger partial charge < -0.3 is 10.3 Å². The average molecular weight is 252 g/mol. The second-order valence-corrected chi connectivity index (χ2v) is 4.86. The summed E-state index contributed by atoms with van der Waals surface area (Å²) in [6.45, 7) is 4.31. The summed E-state index contributed by atoms with van der Waals surface area (Å²) in [5.74, 6) is 1.45. The minimum absolute atomic E-state index is 0.330. The van der Waals surface area contributed by atoms with Crippen LogP contribution in [0.5, 0.6) is 0 Å². The van der Waals surface area contributed by atoms with Crippen molar-refractivity contribution >= 4 is 16.9 Å². The highest BCUT2D eigenvalue weighted by Gasteiger charge is 2.14. The van der Waals surface area contributed by atoms with Gasteiger partial charge in [0.15, 0.2) is 0 Å². The summed E-state index contributed by atoms with van der Waals surface area (Å²) in [7, 11) is 0. The van der Waals surface area contributed by atoms with Crippen molar-refractivity contribution in [3.05, 3.63) is 42.6 Å². The van der Waals surface area contributed by atoms with Crippen LogP contribution >= 0.6 is 0 Å². The Hall–Kier alpha value is -2.36. The van der Waals surface area contributed by atoms with Gasteiger partial charge >= 0.3 is 0 Å². The summed E-state index contributed by atoms with van der Waals surface area (Å²) in [6, 6.07) is 12.3. The fourth-order valence-electron chi connectivity index (χ4n) is 2.36. The van der Waals surface area contributed by atoms with Crippen molar-refractivity contribution in [1.82, 2.24) is 14.5 Å². The van der Waals surface area contributed by atoms with E-state index in [0.29, 0.717) is 11.9 Å². The molecule has 0 aliphatic carbocycles. The molecule has 4 heteroatoms. The number of nitrogens with zero attached hydrogens (tertiary/aromatic N) is 3. The van der Waals surface area contributed by atoms with Crippen molar-refractivity contribution in [3.63, 3.8) is 0 Å². The summed E-state index contributed by atoms with van der Waals surface area (Å²) in [6.07, 6.45) is 1.72. The highest BCUT2D eigenvalue weighted by Crippen LogP contribution is 2.28. The van der Waals surface area contributed by atoms with Crippen LogP contribution in [-0.4, -0.2) is 14.5 Å². The standard InChI is InChI=1S/C15H16N4/c1-10(2)19-13-6-4-3-5-12(13)18-15(19)11-7-8-17-14(16)9-11/h3-10H,1-2H3,(H2,16,17). The third-order valence-electron chi connectivity index (χ3n) is 3.15. The van der Waals surface area contributed by atoms with Gasteiger partial charge in [0.1, 0.15) is 11.6 Å². The first-order valence-electron chi connectivity index (χ1n) is 6.35. The molecule has 0 atom stereocenters. The van der Waals surface area contributed by atoms with E-state index in [-0.39, 0.29) is 0 Å². The number of benzene rings is 1. The number of nitrogen functional groups attached to an aromatic ring is 1. The monoisotopic (exact) mass is 252 g/mol. The van der Waals surface area contributed by atoms with Crippen LogP contribution in [0.2, 0.25) is 0 Å². The van der Waals surface area contributed by atoms with Crippen LogP contribution in [0.1, 0.15) is 19.9 Å². The molecule has 1 aromatic carbocycles. The molecule has 0 bridgehead atoms. The maximum Gasteiger partial charge on any atom is 0.141 e. The molecule has 0 amide bonds. The lowest BCUT2D eigenvalue weighted by molar-refractivity contribution is 0.624.